The maximum atomic E-state index is 11.8. The first-order chi connectivity index (χ1) is 12.1. The van der Waals surface area contributed by atoms with E-state index in [0.717, 1.165) is 35.5 Å². The van der Waals surface area contributed by atoms with Crippen LogP contribution in [-0.2, 0) is 11.4 Å². The molecule has 5 heteroatoms. The minimum absolute atomic E-state index is 0.0639. The van der Waals surface area contributed by atoms with Crippen molar-refractivity contribution in [2.24, 2.45) is 0 Å². The van der Waals surface area contributed by atoms with Crippen LogP contribution >= 0.6 is 0 Å². The van der Waals surface area contributed by atoms with E-state index in [9.17, 15) is 9.90 Å². The molecule has 132 valence electrons. The van der Waals surface area contributed by atoms with Crippen LogP contribution < -0.4 is 15.0 Å². The number of anilines is 2. The Morgan fingerprint density at radius 2 is 2.00 bits per heavy atom. The summed E-state index contributed by atoms with van der Waals surface area (Å²) in [7, 11) is 1.59. The zero-order chi connectivity index (χ0) is 17.8. The molecule has 2 N–H and O–H groups in total. The Hall–Kier alpha value is -2.53. The van der Waals surface area contributed by atoms with E-state index < -0.39 is 0 Å². The number of benzene rings is 2. The molecule has 0 spiro atoms. The van der Waals surface area contributed by atoms with Gasteiger partial charge in [-0.2, -0.15) is 0 Å². The van der Waals surface area contributed by atoms with Gasteiger partial charge < -0.3 is 20.1 Å². The van der Waals surface area contributed by atoms with Crippen molar-refractivity contribution in [3.8, 4) is 5.75 Å². The lowest BCUT2D eigenvalue weighted by Gasteiger charge is -2.19. The molecule has 25 heavy (non-hydrogen) atoms. The number of nitrogens with zero attached hydrogens (tertiary/aromatic N) is 1. The molecule has 1 unspecified atom stereocenters. The predicted molar refractivity (Wildman–Crippen MR) is 99.0 cm³/mol. The topological polar surface area (TPSA) is 61.8 Å². The van der Waals surface area contributed by atoms with Crippen LogP contribution in [0, 0.1) is 0 Å². The monoisotopic (exact) mass is 340 g/mol. The molecular formula is C20H24N2O3. The third-order valence-electron chi connectivity index (χ3n) is 4.61. The molecule has 1 aliphatic heterocycles. The fourth-order valence-electron chi connectivity index (χ4n) is 3.19. The zero-order valence-corrected chi connectivity index (χ0v) is 14.7. The summed E-state index contributed by atoms with van der Waals surface area (Å²) >= 11 is 0. The first-order valence-corrected chi connectivity index (χ1v) is 8.57. The fourth-order valence-corrected chi connectivity index (χ4v) is 3.19. The third-order valence-corrected chi connectivity index (χ3v) is 4.61. The van der Waals surface area contributed by atoms with E-state index in [2.05, 4.69) is 24.4 Å². The molecule has 2 aromatic carbocycles. The molecule has 1 aliphatic rings. The minimum Gasteiger partial charge on any atom is -0.496 e. The van der Waals surface area contributed by atoms with Gasteiger partial charge in [0.1, 0.15) is 5.75 Å². The average Bonchev–Trinajstić information content (AvgIpc) is 3.07. The summed E-state index contributed by atoms with van der Waals surface area (Å²) in [6.45, 7) is 2.83. The number of aliphatic hydroxyl groups is 1. The van der Waals surface area contributed by atoms with E-state index in [1.165, 1.54) is 0 Å². The van der Waals surface area contributed by atoms with Gasteiger partial charge in [0.25, 0.3) is 0 Å². The van der Waals surface area contributed by atoms with Crippen LogP contribution in [0.2, 0.25) is 0 Å². The lowest BCUT2D eigenvalue weighted by Crippen LogP contribution is -2.23. The number of hydrogen-bond donors (Lipinski definition) is 2. The molecule has 0 aromatic heterocycles. The van der Waals surface area contributed by atoms with Gasteiger partial charge in [0.2, 0.25) is 5.91 Å². The van der Waals surface area contributed by atoms with Crippen LogP contribution in [0.3, 0.4) is 0 Å². The molecule has 0 bridgehead atoms. The minimum atomic E-state index is -0.0639. The Bertz CT molecular complexity index is 743. The molecule has 0 radical (unpaired) electrons. The van der Waals surface area contributed by atoms with Gasteiger partial charge in [-0.3, -0.25) is 4.79 Å². The molecule has 1 saturated heterocycles. The van der Waals surface area contributed by atoms with Crippen molar-refractivity contribution in [3.63, 3.8) is 0 Å². The molecular weight excluding hydrogens is 316 g/mol. The van der Waals surface area contributed by atoms with Crippen molar-refractivity contribution in [1.82, 2.24) is 0 Å². The molecule has 5 nitrogen and oxygen atoms in total. The van der Waals surface area contributed by atoms with Gasteiger partial charge in [-0.25, -0.2) is 0 Å². The van der Waals surface area contributed by atoms with Crippen LogP contribution in [0.5, 0.6) is 5.75 Å². The summed E-state index contributed by atoms with van der Waals surface area (Å²) in [4.78, 5) is 13.7. The van der Waals surface area contributed by atoms with Crippen LogP contribution in [-0.4, -0.2) is 24.7 Å². The normalized spacial score (nSPS) is 15.3. The summed E-state index contributed by atoms with van der Waals surface area (Å²) in [5.74, 6) is 0.883. The molecule has 1 amide bonds. The highest BCUT2D eigenvalue weighted by atomic mass is 16.5. The van der Waals surface area contributed by atoms with Gasteiger partial charge in [0, 0.05) is 35.9 Å². The molecule has 3 rings (SSSR count). The van der Waals surface area contributed by atoms with Gasteiger partial charge >= 0.3 is 0 Å². The van der Waals surface area contributed by atoms with Gasteiger partial charge in [0.05, 0.1) is 13.7 Å². The van der Waals surface area contributed by atoms with Crippen molar-refractivity contribution in [2.45, 2.75) is 32.4 Å². The van der Waals surface area contributed by atoms with Crippen molar-refractivity contribution in [3.05, 3.63) is 53.6 Å². The Kier molecular flexibility index (Phi) is 5.24. The second-order valence-corrected chi connectivity index (χ2v) is 6.29. The second kappa shape index (κ2) is 7.57. The molecule has 1 heterocycles. The molecule has 1 fully saturated rings. The highest BCUT2D eigenvalue weighted by Gasteiger charge is 2.21. The average molecular weight is 340 g/mol. The van der Waals surface area contributed by atoms with Crippen molar-refractivity contribution in [2.75, 3.05) is 23.9 Å². The maximum Gasteiger partial charge on any atom is 0.227 e. The summed E-state index contributed by atoms with van der Waals surface area (Å²) < 4.78 is 5.23. The summed E-state index contributed by atoms with van der Waals surface area (Å²) in [5, 5.41) is 12.9. The SMILES string of the molecule is COc1ccc(NC(C)c2ccc(N3CCCC3=O)cc2)cc1CO. The number of nitrogens with one attached hydrogen (secondary N) is 1. The zero-order valence-electron chi connectivity index (χ0n) is 14.7. The van der Waals surface area contributed by atoms with Gasteiger partial charge in [-0.1, -0.05) is 12.1 Å². The Morgan fingerprint density at radius 1 is 1.24 bits per heavy atom. The number of rotatable bonds is 6. The smallest absolute Gasteiger partial charge is 0.227 e. The molecule has 0 aliphatic carbocycles. The number of methoxy groups -OCH3 is 1. The summed E-state index contributed by atoms with van der Waals surface area (Å²) in [6, 6.07) is 13.9. The van der Waals surface area contributed by atoms with Gasteiger partial charge in [0.15, 0.2) is 0 Å². The van der Waals surface area contributed by atoms with Gasteiger partial charge in [-0.05, 0) is 49.2 Å². The van der Waals surface area contributed by atoms with E-state index in [-0.39, 0.29) is 18.6 Å². The Labute approximate surface area is 148 Å². The summed E-state index contributed by atoms with van der Waals surface area (Å²) in [6.07, 6.45) is 1.58. The standard InChI is InChI=1S/C20H24N2O3/c1-14(21-17-7-10-19(25-2)16(12-17)13-23)15-5-8-18(9-6-15)22-11-3-4-20(22)24/h5-10,12,14,21,23H,3-4,11,13H2,1-2H3. The number of ether oxygens (including phenoxy) is 1. The van der Waals surface area contributed by atoms with Crippen molar-refractivity contribution >= 4 is 17.3 Å². The number of hydrogen-bond acceptors (Lipinski definition) is 4. The van der Waals surface area contributed by atoms with E-state index >= 15 is 0 Å². The maximum absolute atomic E-state index is 11.8. The Balaban J connectivity index is 1.71. The lowest BCUT2D eigenvalue weighted by atomic mass is 10.1. The Morgan fingerprint density at radius 3 is 2.60 bits per heavy atom. The summed E-state index contributed by atoms with van der Waals surface area (Å²) in [5.41, 5.74) is 3.78. The van der Waals surface area contributed by atoms with Crippen molar-refractivity contribution < 1.29 is 14.6 Å². The molecule has 2 aromatic rings. The van der Waals surface area contributed by atoms with Crippen LogP contribution in [0.4, 0.5) is 11.4 Å². The highest BCUT2D eigenvalue weighted by molar-refractivity contribution is 5.95. The predicted octanol–water partition coefficient (Wildman–Crippen LogP) is 3.49. The number of carbonyl (C=O) groups is 1. The number of carbonyl (C=O) groups excluding carboxylic acids is 1. The van der Waals surface area contributed by atoms with Crippen LogP contribution in [0.25, 0.3) is 0 Å². The van der Waals surface area contributed by atoms with Crippen molar-refractivity contribution in [1.29, 1.82) is 0 Å². The molecule has 1 atom stereocenters. The van der Waals surface area contributed by atoms with E-state index in [1.54, 1.807) is 7.11 Å². The molecule has 0 saturated carbocycles. The van der Waals surface area contributed by atoms with E-state index in [0.29, 0.717) is 12.2 Å². The number of aliphatic hydroxyl groups excluding tert-OH is 1. The number of amides is 1. The van der Waals surface area contributed by atoms with Gasteiger partial charge in [-0.15, -0.1) is 0 Å². The lowest BCUT2D eigenvalue weighted by molar-refractivity contribution is -0.117. The fraction of sp³-hybridized carbons (Fsp3) is 0.350. The highest BCUT2D eigenvalue weighted by Crippen LogP contribution is 2.27. The first-order valence-electron chi connectivity index (χ1n) is 8.57. The van der Waals surface area contributed by atoms with Crippen LogP contribution in [0.15, 0.2) is 42.5 Å². The quantitative estimate of drug-likeness (QED) is 0.845. The van der Waals surface area contributed by atoms with E-state index in [1.807, 2.05) is 35.2 Å². The first kappa shape index (κ1) is 17.3. The van der Waals surface area contributed by atoms with E-state index in [4.69, 9.17) is 4.74 Å². The largest absolute Gasteiger partial charge is 0.496 e. The second-order valence-electron chi connectivity index (χ2n) is 6.29. The van der Waals surface area contributed by atoms with Crippen LogP contribution in [0.1, 0.15) is 36.9 Å². The third kappa shape index (κ3) is 3.77.